The summed E-state index contributed by atoms with van der Waals surface area (Å²) >= 11 is 0. The predicted molar refractivity (Wildman–Crippen MR) is 126 cm³/mol. The third kappa shape index (κ3) is 6.72. The normalized spacial score (nSPS) is 12.9. The van der Waals surface area contributed by atoms with E-state index in [1.165, 1.54) is 5.56 Å². The molecule has 170 valence electrons. The van der Waals surface area contributed by atoms with Gasteiger partial charge in [0, 0.05) is 0 Å². The van der Waals surface area contributed by atoms with Gasteiger partial charge in [0.15, 0.2) is 0 Å². The number of ether oxygens (including phenoxy) is 1. The molecule has 1 N–H and O–H groups in total. The van der Waals surface area contributed by atoms with E-state index in [0.717, 1.165) is 27.4 Å². The zero-order chi connectivity index (χ0) is 23.4. The van der Waals surface area contributed by atoms with Crippen molar-refractivity contribution in [2.45, 2.75) is 53.0 Å². The summed E-state index contributed by atoms with van der Waals surface area (Å²) in [6.07, 6.45) is 1.11. The van der Waals surface area contributed by atoms with Crippen LogP contribution in [0.25, 0.3) is 0 Å². The molecule has 1 atom stereocenters. The molecule has 6 nitrogen and oxygen atoms in total. The monoisotopic (exact) mass is 446 g/mol. The quantitative estimate of drug-likeness (QED) is 0.623. The summed E-state index contributed by atoms with van der Waals surface area (Å²) in [6, 6.07) is 12.4. The molecule has 0 heterocycles. The van der Waals surface area contributed by atoms with E-state index in [1.54, 1.807) is 19.1 Å². The average molecular weight is 447 g/mol. The fourth-order valence-electron chi connectivity index (χ4n) is 3.21. The van der Waals surface area contributed by atoms with Gasteiger partial charge in [-0.2, -0.15) is 0 Å². The van der Waals surface area contributed by atoms with Crippen LogP contribution in [-0.4, -0.2) is 39.8 Å². The third-order valence-electron chi connectivity index (χ3n) is 5.22. The number of carbonyl (C=O) groups is 1. The van der Waals surface area contributed by atoms with Gasteiger partial charge in [-0.1, -0.05) is 39.0 Å². The largest absolute Gasteiger partial charge is 0.492 e. The number of hydrogen-bond donors (Lipinski definition) is 1. The highest BCUT2D eigenvalue weighted by Gasteiger charge is 2.29. The van der Waals surface area contributed by atoms with Crippen molar-refractivity contribution >= 4 is 21.6 Å². The number of nitrogens with zero attached hydrogens (tertiary/aromatic N) is 1. The average Bonchev–Trinajstić information content (AvgIpc) is 2.66. The van der Waals surface area contributed by atoms with Crippen LogP contribution in [0.4, 0.5) is 5.69 Å². The molecule has 31 heavy (non-hydrogen) atoms. The Hall–Kier alpha value is -2.54. The number of anilines is 1. The Labute approximate surface area is 186 Å². The standard InChI is InChI=1S/C24H34N2O4S/c1-17-8-11-21(16-18(17)2)26(31(7,28)29)19(3)23(27)25-14-15-30-22-12-9-20(10-13-22)24(4,5)6/h8-13,16,19H,14-15H2,1-7H3,(H,25,27)/t19-/m0/s1. The van der Waals surface area contributed by atoms with Gasteiger partial charge in [-0.3, -0.25) is 9.10 Å². The molecule has 0 aliphatic rings. The third-order valence-corrected chi connectivity index (χ3v) is 6.47. The van der Waals surface area contributed by atoms with Gasteiger partial charge in [-0.15, -0.1) is 0 Å². The molecule has 1 amide bonds. The van der Waals surface area contributed by atoms with Crippen LogP contribution in [0.5, 0.6) is 5.75 Å². The van der Waals surface area contributed by atoms with Crippen molar-refractivity contribution in [3.63, 3.8) is 0 Å². The number of amides is 1. The molecule has 0 aliphatic heterocycles. The molecular formula is C24H34N2O4S. The molecule has 0 aromatic heterocycles. The second-order valence-corrected chi connectivity index (χ2v) is 10.8. The maximum absolute atomic E-state index is 12.6. The number of hydrogen-bond acceptors (Lipinski definition) is 4. The fraction of sp³-hybridized carbons (Fsp3) is 0.458. The van der Waals surface area contributed by atoms with E-state index in [-0.39, 0.29) is 24.5 Å². The maximum Gasteiger partial charge on any atom is 0.243 e. The Morgan fingerprint density at radius 1 is 1.06 bits per heavy atom. The first kappa shape index (κ1) is 24.7. The summed E-state index contributed by atoms with van der Waals surface area (Å²) < 4.78 is 31.7. The van der Waals surface area contributed by atoms with Crippen molar-refractivity contribution in [1.82, 2.24) is 5.32 Å². The lowest BCUT2D eigenvalue weighted by molar-refractivity contribution is -0.121. The van der Waals surface area contributed by atoms with Crippen LogP contribution in [0, 0.1) is 13.8 Å². The van der Waals surface area contributed by atoms with Crippen LogP contribution in [0.1, 0.15) is 44.4 Å². The van der Waals surface area contributed by atoms with Crippen LogP contribution in [0.2, 0.25) is 0 Å². The number of sulfonamides is 1. The van der Waals surface area contributed by atoms with Gasteiger partial charge in [0.05, 0.1) is 18.5 Å². The Morgan fingerprint density at radius 3 is 2.19 bits per heavy atom. The van der Waals surface area contributed by atoms with Crippen molar-refractivity contribution < 1.29 is 17.9 Å². The molecule has 0 saturated heterocycles. The van der Waals surface area contributed by atoms with E-state index < -0.39 is 16.1 Å². The summed E-state index contributed by atoms with van der Waals surface area (Å²) in [5.74, 6) is 0.346. The predicted octanol–water partition coefficient (Wildman–Crippen LogP) is 3.95. The smallest absolute Gasteiger partial charge is 0.243 e. The van der Waals surface area contributed by atoms with Crippen molar-refractivity contribution in [3.05, 3.63) is 59.2 Å². The highest BCUT2D eigenvalue weighted by molar-refractivity contribution is 7.92. The van der Waals surface area contributed by atoms with Crippen LogP contribution in [0.3, 0.4) is 0 Å². The van der Waals surface area contributed by atoms with Gasteiger partial charge in [0.2, 0.25) is 15.9 Å². The SMILES string of the molecule is Cc1ccc(N([C@@H](C)C(=O)NCCOc2ccc(C(C)(C)C)cc2)S(C)(=O)=O)cc1C. The first-order valence-corrected chi connectivity index (χ1v) is 12.2. The molecule has 0 fully saturated rings. The fourth-order valence-corrected chi connectivity index (χ4v) is 4.38. The molecule has 2 rings (SSSR count). The topological polar surface area (TPSA) is 75.7 Å². The summed E-state index contributed by atoms with van der Waals surface area (Å²) in [5.41, 5.74) is 3.79. The number of benzene rings is 2. The molecule has 0 spiro atoms. The molecule has 0 unspecified atom stereocenters. The lowest BCUT2D eigenvalue weighted by Crippen LogP contribution is -2.48. The van der Waals surface area contributed by atoms with Crippen LogP contribution < -0.4 is 14.4 Å². The second-order valence-electron chi connectivity index (χ2n) is 8.92. The van der Waals surface area contributed by atoms with E-state index in [9.17, 15) is 13.2 Å². The number of carbonyl (C=O) groups excluding carboxylic acids is 1. The van der Waals surface area contributed by atoms with Crippen molar-refractivity contribution in [1.29, 1.82) is 0 Å². The lowest BCUT2D eigenvalue weighted by atomic mass is 9.87. The van der Waals surface area contributed by atoms with E-state index in [0.29, 0.717) is 5.69 Å². The highest BCUT2D eigenvalue weighted by Crippen LogP contribution is 2.25. The molecule has 7 heteroatoms. The first-order valence-electron chi connectivity index (χ1n) is 10.4. The molecular weight excluding hydrogens is 412 g/mol. The summed E-state index contributed by atoms with van der Waals surface area (Å²) in [6.45, 7) is 12.5. The van der Waals surface area contributed by atoms with Crippen LogP contribution in [0.15, 0.2) is 42.5 Å². The summed E-state index contributed by atoms with van der Waals surface area (Å²) in [4.78, 5) is 12.6. The number of rotatable bonds is 8. The number of aryl methyl sites for hydroxylation is 2. The minimum Gasteiger partial charge on any atom is -0.492 e. The van der Waals surface area contributed by atoms with Gasteiger partial charge in [-0.05, 0) is 67.1 Å². The van der Waals surface area contributed by atoms with Crippen LogP contribution in [-0.2, 0) is 20.2 Å². The summed E-state index contributed by atoms with van der Waals surface area (Å²) in [5, 5.41) is 2.77. The molecule has 0 saturated carbocycles. The van der Waals surface area contributed by atoms with Gasteiger partial charge in [0.25, 0.3) is 0 Å². The maximum atomic E-state index is 12.6. The Kier molecular flexibility index (Phi) is 7.76. The van der Waals surface area contributed by atoms with Crippen molar-refractivity contribution in [3.8, 4) is 5.75 Å². The molecule has 2 aromatic carbocycles. The Bertz CT molecular complexity index is 1010. The van der Waals surface area contributed by atoms with Gasteiger partial charge >= 0.3 is 0 Å². The Balaban J connectivity index is 1.97. The van der Waals surface area contributed by atoms with E-state index in [4.69, 9.17) is 4.74 Å². The minimum absolute atomic E-state index is 0.0735. The number of nitrogens with one attached hydrogen (secondary N) is 1. The minimum atomic E-state index is -3.64. The van der Waals surface area contributed by atoms with Crippen molar-refractivity contribution in [2.24, 2.45) is 0 Å². The first-order chi connectivity index (χ1) is 14.3. The van der Waals surface area contributed by atoms with E-state index in [2.05, 4.69) is 26.1 Å². The molecule has 2 aromatic rings. The van der Waals surface area contributed by atoms with E-state index in [1.807, 2.05) is 44.2 Å². The molecule has 0 bridgehead atoms. The lowest BCUT2D eigenvalue weighted by Gasteiger charge is -2.28. The summed E-state index contributed by atoms with van der Waals surface area (Å²) in [7, 11) is -3.64. The highest BCUT2D eigenvalue weighted by atomic mass is 32.2. The second kappa shape index (κ2) is 9.73. The molecule has 0 aliphatic carbocycles. The molecule has 0 radical (unpaired) electrons. The van der Waals surface area contributed by atoms with Crippen LogP contribution >= 0.6 is 0 Å². The van der Waals surface area contributed by atoms with Gasteiger partial charge < -0.3 is 10.1 Å². The zero-order valence-corrected chi connectivity index (χ0v) is 20.3. The van der Waals surface area contributed by atoms with Gasteiger partial charge in [0.1, 0.15) is 18.4 Å². The Morgan fingerprint density at radius 2 is 1.68 bits per heavy atom. The van der Waals surface area contributed by atoms with E-state index >= 15 is 0 Å². The van der Waals surface area contributed by atoms with Crippen molar-refractivity contribution in [2.75, 3.05) is 23.7 Å². The van der Waals surface area contributed by atoms with Gasteiger partial charge in [-0.25, -0.2) is 8.42 Å². The zero-order valence-electron chi connectivity index (χ0n) is 19.5.